The van der Waals surface area contributed by atoms with Crippen LogP contribution in [0.5, 0.6) is 0 Å². The van der Waals surface area contributed by atoms with Gasteiger partial charge in [-0.15, -0.1) is 11.3 Å². The Morgan fingerprint density at radius 1 is 1.48 bits per heavy atom. The maximum absolute atomic E-state index is 12.9. The molecule has 1 aliphatic heterocycles. The summed E-state index contributed by atoms with van der Waals surface area (Å²) in [7, 11) is 0. The summed E-state index contributed by atoms with van der Waals surface area (Å²) in [6.45, 7) is 3.09. The molecule has 3 rings (SSSR count). The molecule has 0 radical (unpaired) electrons. The summed E-state index contributed by atoms with van der Waals surface area (Å²) in [5.74, 6) is 0.829. The van der Waals surface area contributed by atoms with E-state index in [4.69, 9.17) is 0 Å². The third kappa shape index (κ3) is 3.02. The number of carbonyl (C=O) groups is 1. The van der Waals surface area contributed by atoms with Crippen LogP contribution in [0.25, 0.3) is 0 Å². The molecule has 0 aromatic carbocycles. The van der Waals surface area contributed by atoms with Gasteiger partial charge < -0.3 is 10.6 Å². The Balaban J connectivity index is 1.76. The lowest BCUT2D eigenvalue weighted by Gasteiger charge is -2.31. The molecular formula is C17H26N2OS. The molecule has 2 N–H and O–H groups in total. The first kappa shape index (κ1) is 15.0. The van der Waals surface area contributed by atoms with Crippen molar-refractivity contribution in [3.8, 4) is 0 Å². The zero-order valence-corrected chi connectivity index (χ0v) is 13.7. The lowest BCUT2D eigenvalue weighted by atomic mass is 9.90. The minimum absolute atomic E-state index is 0.214. The largest absolute Gasteiger partial charge is 0.347 e. The molecule has 1 aromatic heterocycles. The van der Waals surface area contributed by atoms with Crippen LogP contribution in [0.3, 0.4) is 0 Å². The molecule has 2 unspecified atom stereocenters. The fourth-order valence-corrected chi connectivity index (χ4v) is 4.79. The number of rotatable bonds is 5. The van der Waals surface area contributed by atoms with Gasteiger partial charge in [-0.3, -0.25) is 4.79 Å². The molecule has 2 fully saturated rings. The highest BCUT2D eigenvalue weighted by molar-refractivity contribution is 7.10. The van der Waals surface area contributed by atoms with E-state index in [1.165, 1.54) is 30.6 Å². The van der Waals surface area contributed by atoms with E-state index in [0.717, 1.165) is 25.8 Å². The average Bonchev–Trinajstić information content (AvgIpc) is 3.27. The molecule has 0 spiro atoms. The molecule has 116 valence electrons. The first-order chi connectivity index (χ1) is 10.2. The van der Waals surface area contributed by atoms with Crippen molar-refractivity contribution in [2.45, 2.75) is 63.5 Å². The summed E-state index contributed by atoms with van der Waals surface area (Å²) in [6.07, 6.45) is 8.05. The van der Waals surface area contributed by atoms with Gasteiger partial charge >= 0.3 is 0 Å². The number of hydrogen-bond acceptors (Lipinski definition) is 3. The van der Waals surface area contributed by atoms with Crippen molar-refractivity contribution in [1.82, 2.24) is 10.6 Å². The predicted octanol–water partition coefficient (Wildman–Crippen LogP) is 3.63. The molecule has 21 heavy (non-hydrogen) atoms. The monoisotopic (exact) mass is 306 g/mol. The molecule has 1 aliphatic carbocycles. The Morgan fingerprint density at radius 2 is 2.29 bits per heavy atom. The first-order valence-electron chi connectivity index (χ1n) is 8.34. The molecule has 1 amide bonds. The van der Waals surface area contributed by atoms with Crippen LogP contribution in [-0.2, 0) is 4.79 Å². The summed E-state index contributed by atoms with van der Waals surface area (Å²) in [4.78, 5) is 14.2. The third-order valence-electron chi connectivity index (χ3n) is 5.29. The van der Waals surface area contributed by atoms with E-state index >= 15 is 0 Å². The highest BCUT2D eigenvalue weighted by Crippen LogP contribution is 2.38. The summed E-state index contributed by atoms with van der Waals surface area (Å²) in [6, 6.07) is 4.48. The van der Waals surface area contributed by atoms with Crippen molar-refractivity contribution >= 4 is 17.2 Å². The second kappa shape index (κ2) is 6.49. The Morgan fingerprint density at radius 3 is 2.86 bits per heavy atom. The molecule has 1 saturated carbocycles. The van der Waals surface area contributed by atoms with Crippen LogP contribution in [-0.4, -0.2) is 18.0 Å². The van der Waals surface area contributed by atoms with Crippen molar-refractivity contribution in [3.05, 3.63) is 22.4 Å². The van der Waals surface area contributed by atoms with Crippen LogP contribution in [0.4, 0.5) is 0 Å². The lowest BCUT2D eigenvalue weighted by Crippen LogP contribution is -2.54. The van der Waals surface area contributed by atoms with Crippen molar-refractivity contribution in [2.24, 2.45) is 5.92 Å². The Bertz CT molecular complexity index is 459. The number of nitrogens with one attached hydrogen (secondary N) is 2. The van der Waals surface area contributed by atoms with Crippen molar-refractivity contribution in [1.29, 1.82) is 0 Å². The topological polar surface area (TPSA) is 41.1 Å². The van der Waals surface area contributed by atoms with Gasteiger partial charge in [0.1, 0.15) is 0 Å². The van der Waals surface area contributed by atoms with Gasteiger partial charge in [0, 0.05) is 4.88 Å². The molecule has 4 heteroatoms. The molecule has 0 bridgehead atoms. The van der Waals surface area contributed by atoms with E-state index in [2.05, 4.69) is 35.1 Å². The summed E-state index contributed by atoms with van der Waals surface area (Å²) < 4.78 is 0. The van der Waals surface area contributed by atoms with Gasteiger partial charge in [0.05, 0.1) is 11.6 Å². The van der Waals surface area contributed by atoms with Gasteiger partial charge in [-0.2, -0.15) is 0 Å². The number of carbonyl (C=O) groups excluding carboxylic acids is 1. The summed E-state index contributed by atoms with van der Waals surface area (Å²) in [5, 5.41) is 8.97. The summed E-state index contributed by atoms with van der Waals surface area (Å²) in [5.41, 5.74) is -0.325. The fraction of sp³-hybridized carbons (Fsp3) is 0.706. The van der Waals surface area contributed by atoms with E-state index < -0.39 is 0 Å². The zero-order valence-electron chi connectivity index (χ0n) is 12.9. The van der Waals surface area contributed by atoms with Crippen molar-refractivity contribution in [3.63, 3.8) is 0 Å². The second-order valence-electron chi connectivity index (χ2n) is 6.48. The number of thiophene rings is 1. The molecular weight excluding hydrogens is 280 g/mol. The van der Waals surface area contributed by atoms with Gasteiger partial charge in [-0.05, 0) is 56.0 Å². The minimum atomic E-state index is -0.325. The van der Waals surface area contributed by atoms with Crippen LogP contribution in [0.15, 0.2) is 17.5 Å². The molecule has 2 atom stereocenters. The lowest BCUT2D eigenvalue weighted by molar-refractivity contribution is -0.128. The van der Waals surface area contributed by atoms with Crippen LogP contribution in [0.1, 0.15) is 62.8 Å². The van der Waals surface area contributed by atoms with E-state index in [-0.39, 0.29) is 17.5 Å². The maximum atomic E-state index is 12.9. The predicted molar refractivity (Wildman–Crippen MR) is 87.4 cm³/mol. The molecule has 1 saturated heterocycles. The Labute approximate surface area is 131 Å². The SMILES string of the molecule is CCC1(C(=O)NC(c2cccs2)C2CCCC2)CCCN1. The van der Waals surface area contributed by atoms with Crippen LogP contribution < -0.4 is 10.6 Å². The average molecular weight is 306 g/mol. The second-order valence-corrected chi connectivity index (χ2v) is 7.46. The number of amides is 1. The highest BCUT2D eigenvalue weighted by atomic mass is 32.1. The Hall–Kier alpha value is -0.870. The molecule has 2 aliphatic rings. The van der Waals surface area contributed by atoms with E-state index in [9.17, 15) is 4.79 Å². The van der Waals surface area contributed by atoms with Crippen molar-refractivity contribution in [2.75, 3.05) is 6.54 Å². The van der Waals surface area contributed by atoms with Crippen LogP contribution >= 0.6 is 11.3 Å². The van der Waals surface area contributed by atoms with E-state index in [1.807, 2.05) is 0 Å². The maximum Gasteiger partial charge on any atom is 0.240 e. The van der Waals surface area contributed by atoms with Gasteiger partial charge in [0.25, 0.3) is 0 Å². The Kier molecular flexibility index (Phi) is 4.65. The fourth-order valence-electron chi connectivity index (χ4n) is 3.92. The van der Waals surface area contributed by atoms with Crippen molar-refractivity contribution < 1.29 is 4.79 Å². The first-order valence-corrected chi connectivity index (χ1v) is 9.22. The molecule has 1 aromatic rings. The van der Waals surface area contributed by atoms with E-state index in [0.29, 0.717) is 5.92 Å². The van der Waals surface area contributed by atoms with Crippen LogP contribution in [0, 0.1) is 5.92 Å². The molecule has 2 heterocycles. The standard InChI is InChI=1S/C17H26N2OS/c1-2-17(10-6-11-18-17)16(20)19-15(13-7-3-4-8-13)14-9-5-12-21-14/h5,9,12-13,15,18H,2-4,6-8,10-11H2,1H3,(H,19,20). The van der Waals surface area contributed by atoms with Gasteiger partial charge in [-0.1, -0.05) is 25.8 Å². The summed E-state index contributed by atoms with van der Waals surface area (Å²) >= 11 is 1.77. The molecule has 3 nitrogen and oxygen atoms in total. The number of hydrogen-bond donors (Lipinski definition) is 2. The van der Waals surface area contributed by atoms with Gasteiger partial charge in [0.15, 0.2) is 0 Å². The highest BCUT2D eigenvalue weighted by Gasteiger charge is 2.41. The smallest absolute Gasteiger partial charge is 0.240 e. The zero-order chi connectivity index (χ0) is 14.7. The van der Waals surface area contributed by atoms with Gasteiger partial charge in [0.2, 0.25) is 5.91 Å². The van der Waals surface area contributed by atoms with Crippen LogP contribution in [0.2, 0.25) is 0 Å². The minimum Gasteiger partial charge on any atom is -0.347 e. The quantitative estimate of drug-likeness (QED) is 0.872. The third-order valence-corrected chi connectivity index (χ3v) is 6.24. The normalized spacial score (nSPS) is 27.9. The van der Waals surface area contributed by atoms with Gasteiger partial charge in [-0.25, -0.2) is 0 Å². The van der Waals surface area contributed by atoms with E-state index in [1.54, 1.807) is 11.3 Å².